The summed E-state index contributed by atoms with van der Waals surface area (Å²) < 4.78 is 10.8. The van der Waals surface area contributed by atoms with Crippen LogP contribution in [0.25, 0.3) is 0 Å². The first-order valence-electron chi connectivity index (χ1n) is 6.54. The van der Waals surface area contributed by atoms with Gasteiger partial charge in [0.25, 0.3) is 0 Å². The molecule has 0 atom stereocenters. The Morgan fingerprint density at radius 3 is 2.76 bits per heavy atom. The molecule has 6 heteroatoms. The van der Waals surface area contributed by atoms with Crippen LogP contribution in [0.5, 0.6) is 5.75 Å². The lowest BCUT2D eigenvalue weighted by Crippen LogP contribution is -2.29. The number of nitrogens with zero attached hydrogens (tertiary/aromatic N) is 1. The Hall–Kier alpha value is -2.31. The van der Waals surface area contributed by atoms with Gasteiger partial charge in [-0.3, -0.25) is 15.1 Å². The molecule has 0 bridgehead atoms. The van der Waals surface area contributed by atoms with Crippen LogP contribution in [0.2, 0.25) is 0 Å². The molecule has 1 aromatic heterocycles. The van der Waals surface area contributed by atoms with Gasteiger partial charge in [-0.2, -0.15) is 0 Å². The Morgan fingerprint density at radius 1 is 1.29 bits per heavy atom. The molecule has 2 rings (SSSR count). The highest BCUT2D eigenvalue weighted by molar-refractivity contribution is 5.90. The van der Waals surface area contributed by atoms with Crippen molar-refractivity contribution in [2.45, 2.75) is 13.1 Å². The Labute approximate surface area is 123 Å². The van der Waals surface area contributed by atoms with Crippen molar-refractivity contribution >= 4 is 5.91 Å². The topological polar surface area (TPSA) is 80.7 Å². The first-order valence-corrected chi connectivity index (χ1v) is 6.54. The average molecular weight is 289 g/mol. The molecular weight excluding hydrogens is 270 g/mol. The van der Waals surface area contributed by atoms with E-state index in [0.29, 0.717) is 18.8 Å². The van der Waals surface area contributed by atoms with E-state index in [-0.39, 0.29) is 5.76 Å². The maximum Gasteiger partial charge on any atom is 0.300 e. The van der Waals surface area contributed by atoms with Crippen LogP contribution in [0.3, 0.4) is 0 Å². The van der Waals surface area contributed by atoms with Crippen LogP contribution in [0, 0.1) is 0 Å². The second-order valence-corrected chi connectivity index (χ2v) is 4.72. The number of carbonyl (C=O) groups is 1. The summed E-state index contributed by atoms with van der Waals surface area (Å²) in [4.78, 5) is 13.4. The largest absolute Gasteiger partial charge is 0.496 e. The molecule has 112 valence electrons. The molecule has 2 aromatic rings. The van der Waals surface area contributed by atoms with Crippen LogP contribution in [-0.4, -0.2) is 25.0 Å². The molecule has 1 heterocycles. The van der Waals surface area contributed by atoms with Crippen LogP contribution in [-0.2, 0) is 13.1 Å². The highest BCUT2D eigenvalue weighted by Crippen LogP contribution is 2.20. The van der Waals surface area contributed by atoms with Crippen molar-refractivity contribution in [2.24, 2.45) is 5.84 Å². The van der Waals surface area contributed by atoms with Crippen molar-refractivity contribution in [1.82, 2.24) is 10.3 Å². The summed E-state index contributed by atoms with van der Waals surface area (Å²) in [6.07, 6.45) is 0. The minimum absolute atomic E-state index is 0.207. The Kier molecular flexibility index (Phi) is 4.97. The summed E-state index contributed by atoms with van der Waals surface area (Å²) in [5, 5.41) is 0. The number of amides is 1. The van der Waals surface area contributed by atoms with Crippen LogP contribution < -0.4 is 16.0 Å². The Bertz CT molecular complexity index is 610. The normalized spacial score (nSPS) is 10.7. The van der Waals surface area contributed by atoms with Crippen molar-refractivity contribution in [3.8, 4) is 5.75 Å². The second kappa shape index (κ2) is 6.92. The molecule has 21 heavy (non-hydrogen) atoms. The number of hydrogen-bond acceptors (Lipinski definition) is 5. The van der Waals surface area contributed by atoms with E-state index in [9.17, 15) is 4.79 Å². The zero-order valence-electron chi connectivity index (χ0n) is 12.1. The fourth-order valence-corrected chi connectivity index (χ4v) is 2.10. The molecule has 0 fully saturated rings. The average Bonchev–Trinajstić information content (AvgIpc) is 2.95. The predicted octanol–water partition coefficient (Wildman–Crippen LogP) is 1.52. The lowest BCUT2D eigenvalue weighted by atomic mass is 10.2. The third kappa shape index (κ3) is 3.84. The monoisotopic (exact) mass is 289 g/mol. The van der Waals surface area contributed by atoms with Gasteiger partial charge in [-0.15, -0.1) is 0 Å². The first-order chi connectivity index (χ1) is 10.1. The molecular formula is C15H19N3O3. The van der Waals surface area contributed by atoms with Crippen molar-refractivity contribution in [3.63, 3.8) is 0 Å². The van der Waals surface area contributed by atoms with Gasteiger partial charge in [-0.1, -0.05) is 18.2 Å². The zero-order chi connectivity index (χ0) is 15.2. The van der Waals surface area contributed by atoms with E-state index in [1.54, 1.807) is 19.2 Å². The smallest absolute Gasteiger partial charge is 0.300 e. The van der Waals surface area contributed by atoms with E-state index in [0.717, 1.165) is 11.3 Å². The SMILES string of the molecule is COc1ccccc1CN(C)Cc1ccc(C(=O)NN)o1. The van der Waals surface area contributed by atoms with Gasteiger partial charge in [0.15, 0.2) is 5.76 Å². The van der Waals surface area contributed by atoms with Gasteiger partial charge in [0.2, 0.25) is 0 Å². The van der Waals surface area contributed by atoms with E-state index < -0.39 is 5.91 Å². The standard InChI is InChI=1S/C15H19N3O3/c1-18(9-11-5-3-4-6-13(11)20-2)10-12-7-8-14(21-12)15(19)17-16/h3-8H,9-10,16H2,1-2H3,(H,17,19). The van der Waals surface area contributed by atoms with E-state index in [1.165, 1.54) is 0 Å². The summed E-state index contributed by atoms with van der Waals surface area (Å²) in [6, 6.07) is 11.2. The number of nitrogens with one attached hydrogen (secondary N) is 1. The third-order valence-corrected chi connectivity index (χ3v) is 3.08. The molecule has 3 N–H and O–H groups in total. The molecule has 0 saturated heterocycles. The second-order valence-electron chi connectivity index (χ2n) is 4.72. The maximum atomic E-state index is 11.3. The quantitative estimate of drug-likeness (QED) is 0.479. The number of rotatable bonds is 6. The molecule has 0 saturated carbocycles. The summed E-state index contributed by atoms with van der Waals surface area (Å²) in [5.74, 6) is 6.39. The first kappa shape index (κ1) is 15.1. The number of hydrazine groups is 1. The number of ether oxygens (including phenoxy) is 1. The number of carbonyl (C=O) groups excluding carboxylic acids is 1. The highest BCUT2D eigenvalue weighted by Gasteiger charge is 2.12. The molecule has 0 aliphatic heterocycles. The van der Waals surface area contributed by atoms with Crippen molar-refractivity contribution in [1.29, 1.82) is 0 Å². The number of hydrogen-bond donors (Lipinski definition) is 2. The number of methoxy groups -OCH3 is 1. The zero-order valence-corrected chi connectivity index (χ0v) is 12.1. The van der Waals surface area contributed by atoms with Gasteiger partial charge in [-0.05, 0) is 25.2 Å². The number of benzene rings is 1. The third-order valence-electron chi connectivity index (χ3n) is 3.08. The molecule has 1 amide bonds. The molecule has 1 aromatic carbocycles. The number of nitrogens with two attached hydrogens (primary N) is 1. The van der Waals surface area contributed by atoms with Crippen molar-refractivity contribution in [3.05, 3.63) is 53.5 Å². The van der Waals surface area contributed by atoms with E-state index >= 15 is 0 Å². The molecule has 0 aliphatic rings. The Morgan fingerprint density at radius 2 is 2.05 bits per heavy atom. The summed E-state index contributed by atoms with van der Waals surface area (Å²) in [6.45, 7) is 1.29. The molecule has 0 radical (unpaired) electrons. The minimum atomic E-state index is -0.436. The van der Waals surface area contributed by atoms with E-state index in [2.05, 4.69) is 4.90 Å². The van der Waals surface area contributed by atoms with Gasteiger partial charge in [0, 0.05) is 12.1 Å². The highest BCUT2D eigenvalue weighted by atomic mass is 16.5. The fourth-order valence-electron chi connectivity index (χ4n) is 2.10. The maximum absolute atomic E-state index is 11.3. The van der Waals surface area contributed by atoms with Crippen LogP contribution >= 0.6 is 0 Å². The van der Waals surface area contributed by atoms with Gasteiger partial charge in [-0.25, -0.2) is 5.84 Å². The molecule has 6 nitrogen and oxygen atoms in total. The van der Waals surface area contributed by atoms with E-state index in [4.69, 9.17) is 15.0 Å². The van der Waals surface area contributed by atoms with Crippen molar-refractivity contribution < 1.29 is 13.9 Å². The van der Waals surface area contributed by atoms with Gasteiger partial charge < -0.3 is 9.15 Å². The lowest BCUT2D eigenvalue weighted by Gasteiger charge is -2.17. The summed E-state index contributed by atoms with van der Waals surface area (Å²) in [7, 11) is 3.63. The summed E-state index contributed by atoms with van der Waals surface area (Å²) in [5.41, 5.74) is 3.13. The van der Waals surface area contributed by atoms with Crippen molar-refractivity contribution in [2.75, 3.05) is 14.2 Å². The molecule has 0 spiro atoms. The fraction of sp³-hybridized carbons (Fsp3) is 0.267. The Balaban J connectivity index is 2.00. The number of para-hydroxylation sites is 1. The van der Waals surface area contributed by atoms with Crippen LogP contribution in [0.4, 0.5) is 0 Å². The summed E-state index contributed by atoms with van der Waals surface area (Å²) >= 11 is 0. The number of nitrogen functional groups attached to an aromatic ring is 1. The molecule has 0 unspecified atom stereocenters. The van der Waals surface area contributed by atoms with Crippen LogP contribution in [0.15, 0.2) is 40.8 Å². The van der Waals surface area contributed by atoms with Gasteiger partial charge in [0.1, 0.15) is 11.5 Å². The van der Waals surface area contributed by atoms with E-state index in [1.807, 2.05) is 36.7 Å². The minimum Gasteiger partial charge on any atom is -0.496 e. The lowest BCUT2D eigenvalue weighted by molar-refractivity contribution is 0.0922. The molecule has 0 aliphatic carbocycles. The van der Waals surface area contributed by atoms with Crippen LogP contribution in [0.1, 0.15) is 21.9 Å². The number of furan rings is 1. The van der Waals surface area contributed by atoms with Gasteiger partial charge >= 0.3 is 5.91 Å². The van der Waals surface area contributed by atoms with Gasteiger partial charge in [0.05, 0.1) is 13.7 Å². The predicted molar refractivity (Wildman–Crippen MR) is 78.5 cm³/mol.